The summed E-state index contributed by atoms with van der Waals surface area (Å²) in [4.78, 5) is 17.8. The molecule has 1 saturated carbocycles. The van der Waals surface area contributed by atoms with Crippen LogP contribution in [0.25, 0.3) is 10.9 Å². The van der Waals surface area contributed by atoms with E-state index < -0.39 is 0 Å². The number of rotatable bonds is 3. The van der Waals surface area contributed by atoms with Gasteiger partial charge in [0.1, 0.15) is 5.69 Å². The molecular formula is C17H21N3O2. The summed E-state index contributed by atoms with van der Waals surface area (Å²) in [5.41, 5.74) is 3.12. The maximum atomic E-state index is 12.8. The highest BCUT2D eigenvalue weighted by molar-refractivity contribution is 6.10. The second-order valence-corrected chi connectivity index (χ2v) is 6.06. The van der Waals surface area contributed by atoms with Gasteiger partial charge in [0.15, 0.2) is 0 Å². The van der Waals surface area contributed by atoms with Crippen molar-refractivity contribution < 1.29 is 10.0 Å². The van der Waals surface area contributed by atoms with Crippen molar-refractivity contribution >= 4 is 23.0 Å². The van der Waals surface area contributed by atoms with Gasteiger partial charge in [0, 0.05) is 29.6 Å². The number of H-pyrrole nitrogens is 1. The number of fused-ring (bicyclic) bond motifs is 1. The minimum atomic E-state index is -0.0457. The van der Waals surface area contributed by atoms with Gasteiger partial charge in [-0.25, -0.2) is 0 Å². The third kappa shape index (κ3) is 2.47. The summed E-state index contributed by atoms with van der Waals surface area (Å²) in [7, 11) is 1.86. The third-order valence-corrected chi connectivity index (χ3v) is 4.59. The number of aromatic nitrogens is 1. The molecule has 1 aromatic carbocycles. The number of aromatic amines is 1. The molecule has 116 valence electrons. The number of nitrogens with one attached hydrogen (secondary N) is 1. The topological polar surface area (TPSA) is 68.7 Å². The van der Waals surface area contributed by atoms with Crippen LogP contribution in [0.1, 0.15) is 47.3 Å². The summed E-state index contributed by atoms with van der Waals surface area (Å²) in [5, 5.41) is 13.0. The zero-order valence-corrected chi connectivity index (χ0v) is 13.0. The highest BCUT2D eigenvalue weighted by Gasteiger charge is 2.27. The van der Waals surface area contributed by atoms with Crippen LogP contribution in [-0.4, -0.2) is 40.3 Å². The molecule has 0 atom stereocenters. The Morgan fingerprint density at radius 3 is 2.82 bits per heavy atom. The van der Waals surface area contributed by atoms with Gasteiger partial charge in [0.2, 0.25) is 0 Å². The Morgan fingerprint density at radius 2 is 2.14 bits per heavy atom. The summed E-state index contributed by atoms with van der Waals surface area (Å²) in [6.45, 7) is 2.00. The fourth-order valence-electron chi connectivity index (χ4n) is 3.32. The standard InChI is InChI=1S/C17H21N3O2/c1-11-7-8-15-13(9-11)14(10-18-22)16(19-15)17(21)20(2)12-5-3-4-6-12/h7-10,12,19,22H,3-6H2,1-2H3. The second-order valence-electron chi connectivity index (χ2n) is 6.06. The molecule has 2 N–H and O–H groups in total. The van der Waals surface area contributed by atoms with E-state index in [0.717, 1.165) is 29.3 Å². The number of benzene rings is 1. The van der Waals surface area contributed by atoms with Crippen molar-refractivity contribution in [2.45, 2.75) is 38.6 Å². The Labute approximate surface area is 129 Å². The second kappa shape index (κ2) is 5.83. The number of hydrogen-bond donors (Lipinski definition) is 2. The SMILES string of the molecule is Cc1ccc2[nH]c(C(=O)N(C)C3CCCC3)c(C=NO)c2c1. The lowest BCUT2D eigenvalue weighted by Gasteiger charge is -2.24. The molecule has 5 heteroatoms. The van der Waals surface area contributed by atoms with Crippen molar-refractivity contribution in [3.63, 3.8) is 0 Å². The fraction of sp³-hybridized carbons (Fsp3) is 0.412. The molecule has 0 radical (unpaired) electrons. The lowest BCUT2D eigenvalue weighted by molar-refractivity contribution is 0.0730. The van der Waals surface area contributed by atoms with E-state index in [4.69, 9.17) is 5.21 Å². The zero-order chi connectivity index (χ0) is 15.7. The van der Waals surface area contributed by atoms with Crippen molar-refractivity contribution in [3.8, 4) is 0 Å². The lowest BCUT2D eigenvalue weighted by atomic mass is 10.1. The van der Waals surface area contributed by atoms with Crippen molar-refractivity contribution in [1.29, 1.82) is 0 Å². The van der Waals surface area contributed by atoms with E-state index in [-0.39, 0.29) is 5.91 Å². The first-order chi connectivity index (χ1) is 10.6. The first-order valence-electron chi connectivity index (χ1n) is 7.68. The predicted molar refractivity (Wildman–Crippen MR) is 86.8 cm³/mol. The molecule has 0 bridgehead atoms. The molecule has 1 amide bonds. The van der Waals surface area contributed by atoms with Gasteiger partial charge in [0.05, 0.1) is 6.21 Å². The number of carbonyl (C=O) groups excluding carboxylic acids is 1. The Balaban J connectivity index is 2.05. The molecule has 2 aromatic rings. The molecule has 1 fully saturated rings. The molecule has 3 rings (SSSR count). The quantitative estimate of drug-likeness (QED) is 0.518. The average Bonchev–Trinajstić information content (AvgIpc) is 3.15. The van der Waals surface area contributed by atoms with Gasteiger partial charge in [-0.05, 0) is 31.9 Å². The smallest absolute Gasteiger partial charge is 0.270 e. The van der Waals surface area contributed by atoms with Crippen LogP contribution < -0.4 is 0 Å². The summed E-state index contributed by atoms with van der Waals surface area (Å²) >= 11 is 0. The van der Waals surface area contributed by atoms with Crippen molar-refractivity contribution in [2.75, 3.05) is 7.05 Å². The van der Waals surface area contributed by atoms with Gasteiger partial charge in [-0.15, -0.1) is 0 Å². The van der Waals surface area contributed by atoms with E-state index in [0.29, 0.717) is 17.3 Å². The Morgan fingerprint density at radius 1 is 1.41 bits per heavy atom. The number of amides is 1. The van der Waals surface area contributed by atoms with E-state index in [1.54, 1.807) is 0 Å². The predicted octanol–water partition coefficient (Wildman–Crippen LogP) is 3.30. The van der Waals surface area contributed by atoms with Crippen LogP contribution in [0.3, 0.4) is 0 Å². The molecule has 1 heterocycles. The molecule has 1 aliphatic carbocycles. The summed E-state index contributed by atoms with van der Waals surface area (Å²) in [6.07, 6.45) is 5.82. The maximum Gasteiger partial charge on any atom is 0.270 e. The van der Waals surface area contributed by atoms with E-state index in [1.165, 1.54) is 19.1 Å². The highest BCUT2D eigenvalue weighted by atomic mass is 16.4. The Bertz CT molecular complexity index is 727. The van der Waals surface area contributed by atoms with Gasteiger partial charge in [0.25, 0.3) is 5.91 Å². The van der Waals surface area contributed by atoms with Crippen molar-refractivity contribution in [2.24, 2.45) is 5.16 Å². The average molecular weight is 299 g/mol. The van der Waals surface area contributed by atoms with Gasteiger partial charge in [-0.1, -0.05) is 29.6 Å². The van der Waals surface area contributed by atoms with Crippen LogP contribution in [-0.2, 0) is 0 Å². The van der Waals surface area contributed by atoms with E-state index >= 15 is 0 Å². The molecule has 0 saturated heterocycles. The molecule has 0 spiro atoms. The number of hydrogen-bond acceptors (Lipinski definition) is 3. The number of nitrogens with zero attached hydrogens (tertiary/aromatic N) is 2. The van der Waals surface area contributed by atoms with Crippen LogP contribution in [0, 0.1) is 6.92 Å². The van der Waals surface area contributed by atoms with E-state index in [2.05, 4.69) is 10.1 Å². The minimum absolute atomic E-state index is 0.0457. The molecule has 5 nitrogen and oxygen atoms in total. The largest absolute Gasteiger partial charge is 0.411 e. The van der Waals surface area contributed by atoms with Crippen LogP contribution >= 0.6 is 0 Å². The van der Waals surface area contributed by atoms with Crippen molar-refractivity contribution in [3.05, 3.63) is 35.0 Å². The summed E-state index contributed by atoms with van der Waals surface area (Å²) in [5.74, 6) is -0.0457. The van der Waals surface area contributed by atoms with E-state index in [1.807, 2.05) is 37.1 Å². The normalized spacial score (nSPS) is 15.9. The fourth-order valence-corrected chi connectivity index (χ4v) is 3.32. The molecule has 1 aromatic heterocycles. The molecular weight excluding hydrogens is 278 g/mol. The van der Waals surface area contributed by atoms with Gasteiger partial charge >= 0.3 is 0 Å². The first-order valence-corrected chi connectivity index (χ1v) is 7.68. The highest BCUT2D eigenvalue weighted by Crippen LogP contribution is 2.27. The van der Waals surface area contributed by atoms with Crippen LogP contribution in [0.2, 0.25) is 0 Å². The summed E-state index contributed by atoms with van der Waals surface area (Å²) < 4.78 is 0. The van der Waals surface area contributed by atoms with Crippen LogP contribution in [0.15, 0.2) is 23.4 Å². The van der Waals surface area contributed by atoms with Gasteiger partial charge in [-0.2, -0.15) is 0 Å². The first kappa shape index (κ1) is 14.6. The van der Waals surface area contributed by atoms with Gasteiger partial charge < -0.3 is 15.1 Å². The van der Waals surface area contributed by atoms with Crippen molar-refractivity contribution in [1.82, 2.24) is 9.88 Å². The number of aryl methyl sites for hydroxylation is 1. The molecule has 0 aliphatic heterocycles. The monoisotopic (exact) mass is 299 g/mol. The Hall–Kier alpha value is -2.30. The Kier molecular flexibility index (Phi) is 3.88. The zero-order valence-electron chi connectivity index (χ0n) is 13.0. The number of oxime groups is 1. The minimum Gasteiger partial charge on any atom is -0.411 e. The van der Waals surface area contributed by atoms with Gasteiger partial charge in [-0.3, -0.25) is 4.79 Å². The maximum absolute atomic E-state index is 12.8. The number of carbonyl (C=O) groups is 1. The summed E-state index contributed by atoms with van der Waals surface area (Å²) in [6, 6.07) is 6.24. The third-order valence-electron chi connectivity index (χ3n) is 4.59. The van der Waals surface area contributed by atoms with Crippen LogP contribution in [0.4, 0.5) is 0 Å². The van der Waals surface area contributed by atoms with Crippen LogP contribution in [0.5, 0.6) is 0 Å². The molecule has 0 unspecified atom stereocenters. The lowest BCUT2D eigenvalue weighted by Crippen LogP contribution is -2.35. The van der Waals surface area contributed by atoms with E-state index in [9.17, 15) is 4.79 Å². The molecule has 22 heavy (non-hydrogen) atoms. The molecule has 1 aliphatic rings.